The number of carbonyl (C=O) groups excluding carboxylic acids is 1. The van der Waals surface area contributed by atoms with E-state index in [9.17, 15) is 4.79 Å². The van der Waals surface area contributed by atoms with Gasteiger partial charge in [0, 0.05) is 39.3 Å². The Morgan fingerprint density at radius 2 is 2.05 bits per heavy atom. The van der Waals surface area contributed by atoms with E-state index >= 15 is 0 Å². The molecule has 0 aliphatic carbocycles. The van der Waals surface area contributed by atoms with Gasteiger partial charge in [-0.1, -0.05) is 0 Å². The zero-order valence-electron chi connectivity index (χ0n) is 11.8. The van der Waals surface area contributed by atoms with Crippen molar-refractivity contribution in [1.29, 1.82) is 0 Å². The summed E-state index contributed by atoms with van der Waals surface area (Å²) >= 11 is 1.73. The molecule has 0 saturated carbocycles. The van der Waals surface area contributed by atoms with Crippen molar-refractivity contribution in [2.45, 2.75) is 20.4 Å². The Kier molecular flexibility index (Phi) is 4.60. The lowest BCUT2D eigenvalue weighted by molar-refractivity contribution is -0.141. The van der Waals surface area contributed by atoms with Crippen molar-refractivity contribution in [2.24, 2.45) is 11.1 Å². The average molecular weight is 281 g/mol. The van der Waals surface area contributed by atoms with E-state index in [1.165, 1.54) is 5.56 Å². The first-order chi connectivity index (χ1) is 9.03. The molecule has 19 heavy (non-hydrogen) atoms. The zero-order chi connectivity index (χ0) is 13.9. The molecule has 1 fully saturated rings. The molecule has 0 aromatic carbocycles. The molecule has 0 spiro atoms. The van der Waals surface area contributed by atoms with Gasteiger partial charge in [0.1, 0.15) is 0 Å². The van der Waals surface area contributed by atoms with E-state index in [0.717, 1.165) is 32.7 Å². The van der Waals surface area contributed by atoms with Crippen LogP contribution in [0.15, 0.2) is 16.8 Å². The third-order valence-electron chi connectivity index (χ3n) is 3.74. The third-order valence-corrected chi connectivity index (χ3v) is 4.47. The van der Waals surface area contributed by atoms with Crippen LogP contribution in [0.2, 0.25) is 0 Å². The van der Waals surface area contributed by atoms with E-state index < -0.39 is 5.41 Å². The summed E-state index contributed by atoms with van der Waals surface area (Å²) in [5.74, 6) is 0.185. The van der Waals surface area contributed by atoms with Crippen molar-refractivity contribution < 1.29 is 4.79 Å². The summed E-state index contributed by atoms with van der Waals surface area (Å²) in [6, 6.07) is 2.17. The molecule has 5 heteroatoms. The first kappa shape index (κ1) is 14.5. The normalized spacial score (nSPS) is 17.7. The molecule has 2 N–H and O–H groups in total. The van der Waals surface area contributed by atoms with Gasteiger partial charge < -0.3 is 10.6 Å². The lowest BCUT2D eigenvalue weighted by Crippen LogP contribution is -2.53. The summed E-state index contributed by atoms with van der Waals surface area (Å²) in [4.78, 5) is 16.7. The highest BCUT2D eigenvalue weighted by molar-refractivity contribution is 7.07. The molecular formula is C14H23N3OS. The smallest absolute Gasteiger partial charge is 0.229 e. The highest BCUT2D eigenvalue weighted by Crippen LogP contribution is 2.19. The molecule has 0 radical (unpaired) electrons. The van der Waals surface area contributed by atoms with Gasteiger partial charge in [0.15, 0.2) is 0 Å². The lowest BCUT2D eigenvalue weighted by atomic mass is 9.91. The van der Waals surface area contributed by atoms with Crippen LogP contribution < -0.4 is 5.73 Å². The van der Waals surface area contributed by atoms with Crippen molar-refractivity contribution in [3.63, 3.8) is 0 Å². The molecule has 0 bridgehead atoms. The fourth-order valence-corrected chi connectivity index (χ4v) is 2.93. The zero-order valence-corrected chi connectivity index (χ0v) is 12.6. The van der Waals surface area contributed by atoms with Crippen LogP contribution in [0.1, 0.15) is 19.4 Å². The molecular weight excluding hydrogens is 258 g/mol. The van der Waals surface area contributed by atoms with Crippen LogP contribution in [-0.4, -0.2) is 48.4 Å². The lowest BCUT2D eigenvalue weighted by Gasteiger charge is -2.38. The third kappa shape index (κ3) is 3.55. The van der Waals surface area contributed by atoms with Crippen LogP contribution in [-0.2, 0) is 11.3 Å². The first-order valence-electron chi connectivity index (χ1n) is 6.76. The Bertz CT molecular complexity index is 408. The van der Waals surface area contributed by atoms with Crippen molar-refractivity contribution in [1.82, 2.24) is 9.80 Å². The maximum absolute atomic E-state index is 12.3. The first-order valence-corrected chi connectivity index (χ1v) is 7.70. The number of piperazine rings is 1. The van der Waals surface area contributed by atoms with E-state index in [1.54, 1.807) is 11.3 Å². The van der Waals surface area contributed by atoms with Gasteiger partial charge in [-0.3, -0.25) is 9.69 Å². The van der Waals surface area contributed by atoms with Crippen LogP contribution in [0, 0.1) is 5.41 Å². The van der Waals surface area contributed by atoms with Crippen LogP contribution in [0.3, 0.4) is 0 Å². The van der Waals surface area contributed by atoms with E-state index in [2.05, 4.69) is 21.7 Å². The van der Waals surface area contributed by atoms with Gasteiger partial charge >= 0.3 is 0 Å². The van der Waals surface area contributed by atoms with Gasteiger partial charge in [-0.25, -0.2) is 0 Å². The summed E-state index contributed by atoms with van der Waals surface area (Å²) in [5.41, 5.74) is 6.61. The Morgan fingerprint density at radius 3 is 2.58 bits per heavy atom. The second-order valence-corrected chi connectivity index (χ2v) is 6.57. The summed E-state index contributed by atoms with van der Waals surface area (Å²) in [6.07, 6.45) is 0. The van der Waals surface area contributed by atoms with E-state index in [0.29, 0.717) is 6.54 Å². The SMILES string of the molecule is CC(C)(CN)C(=O)N1CCN(Cc2ccsc2)CC1. The molecule has 106 valence electrons. The molecule has 4 nitrogen and oxygen atoms in total. The number of nitrogens with two attached hydrogens (primary N) is 1. The number of carbonyl (C=O) groups is 1. The number of hydrogen-bond acceptors (Lipinski definition) is 4. The predicted molar refractivity (Wildman–Crippen MR) is 79.0 cm³/mol. The Morgan fingerprint density at radius 1 is 1.37 bits per heavy atom. The van der Waals surface area contributed by atoms with Gasteiger partial charge in [-0.05, 0) is 36.2 Å². The minimum atomic E-state index is -0.435. The number of nitrogens with zero attached hydrogens (tertiary/aromatic N) is 2. The molecule has 1 amide bonds. The van der Waals surface area contributed by atoms with E-state index in [4.69, 9.17) is 5.73 Å². The molecule has 1 saturated heterocycles. The monoisotopic (exact) mass is 281 g/mol. The minimum absolute atomic E-state index is 0.185. The molecule has 2 heterocycles. The van der Waals surface area contributed by atoms with Gasteiger partial charge in [-0.2, -0.15) is 11.3 Å². The number of amides is 1. The summed E-state index contributed by atoms with van der Waals surface area (Å²) in [6.45, 7) is 8.76. The van der Waals surface area contributed by atoms with Gasteiger partial charge in [0.2, 0.25) is 5.91 Å². The van der Waals surface area contributed by atoms with Crippen LogP contribution in [0.25, 0.3) is 0 Å². The van der Waals surface area contributed by atoms with Gasteiger partial charge in [0.25, 0.3) is 0 Å². The standard InChI is InChI=1S/C14H23N3OS/c1-14(2,11-15)13(18)17-6-4-16(5-7-17)9-12-3-8-19-10-12/h3,8,10H,4-7,9,11,15H2,1-2H3. The molecule has 0 unspecified atom stereocenters. The quantitative estimate of drug-likeness (QED) is 0.907. The fraction of sp³-hybridized carbons (Fsp3) is 0.643. The highest BCUT2D eigenvalue weighted by Gasteiger charge is 2.32. The molecule has 1 aliphatic heterocycles. The Hall–Kier alpha value is -0.910. The Balaban J connectivity index is 1.84. The van der Waals surface area contributed by atoms with Crippen LogP contribution in [0.4, 0.5) is 0 Å². The second kappa shape index (κ2) is 6.03. The molecule has 2 rings (SSSR count). The largest absolute Gasteiger partial charge is 0.340 e. The van der Waals surface area contributed by atoms with Crippen molar-refractivity contribution in [3.8, 4) is 0 Å². The van der Waals surface area contributed by atoms with Crippen molar-refractivity contribution in [2.75, 3.05) is 32.7 Å². The predicted octanol–water partition coefficient (Wildman–Crippen LogP) is 1.38. The molecule has 1 aromatic rings. The topological polar surface area (TPSA) is 49.6 Å². The minimum Gasteiger partial charge on any atom is -0.340 e. The van der Waals surface area contributed by atoms with E-state index in [1.807, 2.05) is 18.7 Å². The number of hydrogen-bond donors (Lipinski definition) is 1. The maximum Gasteiger partial charge on any atom is 0.229 e. The van der Waals surface area contributed by atoms with Crippen molar-refractivity contribution in [3.05, 3.63) is 22.4 Å². The highest BCUT2D eigenvalue weighted by atomic mass is 32.1. The van der Waals surface area contributed by atoms with Crippen LogP contribution in [0.5, 0.6) is 0 Å². The van der Waals surface area contributed by atoms with Crippen molar-refractivity contribution >= 4 is 17.2 Å². The fourth-order valence-electron chi connectivity index (χ4n) is 2.27. The van der Waals surface area contributed by atoms with Gasteiger partial charge in [-0.15, -0.1) is 0 Å². The summed E-state index contributed by atoms with van der Waals surface area (Å²) in [7, 11) is 0. The summed E-state index contributed by atoms with van der Waals surface area (Å²) in [5, 5.41) is 4.30. The molecule has 0 atom stereocenters. The van der Waals surface area contributed by atoms with Crippen LogP contribution >= 0.6 is 11.3 Å². The number of thiophene rings is 1. The average Bonchev–Trinajstić information content (AvgIpc) is 2.91. The second-order valence-electron chi connectivity index (χ2n) is 5.79. The summed E-state index contributed by atoms with van der Waals surface area (Å²) < 4.78 is 0. The van der Waals surface area contributed by atoms with E-state index in [-0.39, 0.29) is 5.91 Å². The maximum atomic E-state index is 12.3. The molecule has 1 aliphatic rings. The number of rotatable bonds is 4. The Labute approximate surface area is 119 Å². The molecule has 1 aromatic heterocycles. The van der Waals surface area contributed by atoms with Gasteiger partial charge in [0.05, 0.1) is 5.41 Å².